The number of nitrogens with zero attached hydrogens (tertiary/aromatic N) is 5. The first-order chi connectivity index (χ1) is 11.5. The van der Waals surface area contributed by atoms with Gasteiger partial charge in [0.15, 0.2) is 0 Å². The van der Waals surface area contributed by atoms with Gasteiger partial charge in [0.1, 0.15) is 11.9 Å². The first kappa shape index (κ1) is 16.6. The molecular weight excluding hydrogens is 306 g/mol. The number of hydrogen-bond acceptors (Lipinski definition) is 5. The van der Waals surface area contributed by atoms with Crippen molar-refractivity contribution in [1.82, 2.24) is 24.6 Å². The first-order valence-electron chi connectivity index (χ1n) is 8.21. The van der Waals surface area contributed by atoms with Gasteiger partial charge in [0, 0.05) is 32.4 Å². The molecule has 3 rings (SSSR count). The maximum Gasteiger partial charge on any atom is 0.223 e. The Kier molecular flexibility index (Phi) is 4.89. The van der Waals surface area contributed by atoms with E-state index in [0.29, 0.717) is 38.4 Å². The third-order valence-corrected chi connectivity index (χ3v) is 4.27. The Bertz CT molecular complexity index is 728. The van der Waals surface area contributed by atoms with Crippen molar-refractivity contribution in [1.29, 1.82) is 0 Å². The molecule has 2 aromatic rings. The Hall–Kier alpha value is -2.28. The van der Waals surface area contributed by atoms with Crippen LogP contribution in [0.3, 0.4) is 0 Å². The van der Waals surface area contributed by atoms with Crippen molar-refractivity contribution < 1.29 is 9.53 Å². The van der Waals surface area contributed by atoms with Gasteiger partial charge in [-0.3, -0.25) is 9.48 Å². The summed E-state index contributed by atoms with van der Waals surface area (Å²) in [4.78, 5) is 22.9. The summed E-state index contributed by atoms with van der Waals surface area (Å²) in [6, 6.07) is 1.85. The molecule has 7 heteroatoms. The number of aromatic nitrogens is 4. The van der Waals surface area contributed by atoms with E-state index < -0.39 is 0 Å². The molecule has 1 fully saturated rings. The van der Waals surface area contributed by atoms with Crippen LogP contribution >= 0.6 is 0 Å². The van der Waals surface area contributed by atoms with E-state index in [1.165, 1.54) is 0 Å². The molecule has 2 aromatic heterocycles. The van der Waals surface area contributed by atoms with E-state index in [4.69, 9.17) is 4.74 Å². The van der Waals surface area contributed by atoms with Crippen LogP contribution < -0.4 is 0 Å². The van der Waals surface area contributed by atoms with Gasteiger partial charge in [-0.05, 0) is 31.9 Å². The number of morpholine rings is 1. The standard InChI is InChI=1S/C17H23N5O2/c1-12-14(10-21(3)20-12)4-5-17(23)22-8-9-24-16(11-22)15-6-7-18-13(2)19-15/h6-7,10,16H,4-5,8-9,11H2,1-3H3. The van der Waals surface area contributed by atoms with Crippen LogP contribution in [0.5, 0.6) is 0 Å². The van der Waals surface area contributed by atoms with Gasteiger partial charge >= 0.3 is 0 Å². The lowest BCUT2D eigenvalue weighted by Gasteiger charge is -2.32. The highest BCUT2D eigenvalue weighted by atomic mass is 16.5. The van der Waals surface area contributed by atoms with Crippen LogP contribution in [0.25, 0.3) is 0 Å². The molecule has 1 aliphatic heterocycles. The van der Waals surface area contributed by atoms with Gasteiger partial charge in [0.05, 0.1) is 24.5 Å². The van der Waals surface area contributed by atoms with Crippen molar-refractivity contribution in [2.75, 3.05) is 19.7 Å². The van der Waals surface area contributed by atoms with Gasteiger partial charge in [0.2, 0.25) is 5.91 Å². The minimum Gasteiger partial charge on any atom is -0.368 e. The summed E-state index contributed by atoms with van der Waals surface area (Å²) >= 11 is 0. The van der Waals surface area contributed by atoms with Gasteiger partial charge in [0.25, 0.3) is 0 Å². The Morgan fingerprint density at radius 3 is 2.96 bits per heavy atom. The highest BCUT2D eigenvalue weighted by Gasteiger charge is 2.26. The number of hydrogen-bond donors (Lipinski definition) is 0. The Labute approximate surface area is 141 Å². The van der Waals surface area contributed by atoms with E-state index in [0.717, 1.165) is 17.0 Å². The van der Waals surface area contributed by atoms with Crippen molar-refractivity contribution in [3.8, 4) is 0 Å². The Morgan fingerprint density at radius 1 is 1.42 bits per heavy atom. The zero-order valence-electron chi connectivity index (χ0n) is 14.4. The second-order valence-corrected chi connectivity index (χ2v) is 6.14. The van der Waals surface area contributed by atoms with Crippen LogP contribution in [0.4, 0.5) is 0 Å². The van der Waals surface area contributed by atoms with Gasteiger partial charge in [-0.25, -0.2) is 9.97 Å². The normalized spacial score (nSPS) is 18.0. The van der Waals surface area contributed by atoms with E-state index in [2.05, 4.69) is 15.1 Å². The van der Waals surface area contributed by atoms with Gasteiger partial charge in [-0.15, -0.1) is 0 Å². The summed E-state index contributed by atoms with van der Waals surface area (Å²) in [5.74, 6) is 0.865. The second kappa shape index (κ2) is 7.09. The molecule has 0 spiro atoms. The minimum absolute atomic E-state index is 0.150. The molecule has 7 nitrogen and oxygen atoms in total. The maximum atomic E-state index is 12.5. The molecule has 1 atom stereocenters. The first-order valence-corrected chi connectivity index (χ1v) is 8.21. The lowest BCUT2D eigenvalue weighted by Crippen LogP contribution is -2.42. The van der Waals surface area contributed by atoms with Gasteiger partial charge in [-0.1, -0.05) is 0 Å². The van der Waals surface area contributed by atoms with E-state index in [9.17, 15) is 4.79 Å². The van der Waals surface area contributed by atoms with Gasteiger partial charge in [-0.2, -0.15) is 5.10 Å². The minimum atomic E-state index is -0.176. The molecule has 1 amide bonds. The average Bonchev–Trinajstić information content (AvgIpc) is 2.90. The summed E-state index contributed by atoms with van der Waals surface area (Å²) in [5, 5.41) is 4.32. The summed E-state index contributed by atoms with van der Waals surface area (Å²) in [5.41, 5.74) is 2.95. The Morgan fingerprint density at radius 2 is 2.25 bits per heavy atom. The number of carbonyl (C=O) groups excluding carboxylic acids is 1. The van der Waals surface area contributed by atoms with E-state index in [-0.39, 0.29) is 12.0 Å². The molecule has 0 bridgehead atoms. The van der Waals surface area contributed by atoms with Crippen molar-refractivity contribution in [3.05, 3.63) is 41.2 Å². The quantitative estimate of drug-likeness (QED) is 0.847. The molecule has 0 radical (unpaired) electrons. The monoisotopic (exact) mass is 329 g/mol. The summed E-state index contributed by atoms with van der Waals surface area (Å²) < 4.78 is 7.58. The highest BCUT2D eigenvalue weighted by Crippen LogP contribution is 2.21. The number of rotatable bonds is 4. The lowest BCUT2D eigenvalue weighted by atomic mass is 10.1. The summed E-state index contributed by atoms with van der Waals surface area (Å²) in [7, 11) is 1.90. The second-order valence-electron chi connectivity index (χ2n) is 6.14. The molecule has 1 unspecified atom stereocenters. The third-order valence-electron chi connectivity index (χ3n) is 4.27. The lowest BCUT2D eigenvalue weighted by molar-refractivity contribution is -0.139. The molecule has 128 valence electrons. The predicted molar refractivity (Wildman–Crippen MR) is 88.3 cm³/mol. The molecule has 0 saturated carbocycles. The number of ether oxygens (including phenoxy) is 1. The highest BCUT2D eigenvalue weighted by molar-refractivity contribution is 5.76. The zero-order valence-corrected chi connectivity index (χ0v) is 14.4. The van der Waals surface area contributed by atoms with Crippen LogP contribution in [-0.2, 0) is 23.0 Å². The molecular formula is C17H23N5O2. The Balaban J connectivity index is 1.60. The third kappa shape index (κ3) is 3.79. The van der Waals surface area contributed by atoms with E-state index in [1.807, 2.05) is 38.1 Å². The summed E-state index contributed by atoms with van der Waals surface area (Å²) in [6.07, 6.45) is 4.74. The molecule has 0 aromatic carbocycles. The molecule has 0 N–H and O–H groups in total. The fourth-order valence-corrected chi connectivity index (χ4v) is 3.00. The van der Waals surface area contributed by atoms with Crippen molar-refractivity contribution in [2.45, 2.75) is 32.8 Å². The van der Waals surface area contributed by atoms with Gasteiger partial charge < -0.3 is 9.64 Å². The fraction of sp³-hybridized carbons (Fsp3) is 0.529. The smallest absolute Gasteiger partial charge is 0.223 e. The largest absolute Gasteiger partial charge is 0.368 e. The van der Waals surface area contributed by atoms with Crippen LogP contribution in [0.2, 0.25) is 0 Å². The maximum absolute atomic E-state index is 12.5. The summed E-state index contributed by atoms with van der Waals surface area (Å²) in [6.45, 7) is 5.53. The molecule has 1 saturated heterocycles. The number of carbonyl (C=O) groups is 1. The average molecular weight is 329 g/mol. The van der Waals surface area contributed by atoms with E-state index in [1.54, 1.807) is 10.9 Å². The topological polar surface area (TPSA) is 73.1 Å². The van der Waals surface area contributed by atoms with E-state index >= 15 is 0 Å². The predicted octanol–water partition coefficient (Wildman–Crippen LogP) is 1.36. The van der Waals surface area contributed by atoms with Crippen LogP contribution in [-0.4, -0.2) is 50.3 Å². The number of amides is 1. The van der Waals surface area contributed by atoms with Crippen LogP contribution in [0.15, 0.2) is 18.5 Å². The SMILES string of the molecule is Cc1nccc(C2CN(C(=O)CCc3cn(C)nc3C)CCO2)n1. The fourth-order valence-electron chi connectivity index (χ4n) is 3.00. The molecule has 1 aliphatic rings. The molecule has 24 heavy (non-hydrogen) atoms. The molecule has 0 aliphatic carbocycles. The molecule has 3 heterocycles. The van der Waals surface area contributed by atoms with Crippen molar-refractivity contribution in [3.63, 3.8) is 0 Å². The number of aryl methyl sites for hydroxylation is 4. The zero-order chi connectivity index (χ0) is 17.1. The van der Waals surface area contributed by atoms with Crippen molar-refractivity contribution >= 4 is 5.91 Å². The van der Waals surface area contributed by atoms with Crippen molar-refractivity contribution in [2.24, 2.45) is 7.05 Å². The van der Waals surface area contributed by atoms with Crippen LogP contribution in [0.1, 0.15) is 35.3 Å². The van der Waals surface area contributed by atoms with Crippen LogP contribution in [0, 0.1) is 13.8 Å².